The van der Waals surface area contributed by atoms with Crippen LogP contribution in [0.3, 0.4) is 0 Å². The number of nitrogens with one attached hydrogen (secondary N) is 2. The summed E-state index contributed by atoms with van der Waals surface area (Å²) in [6.07, 6.45) is 4.74. The Hall–Kier alpha value is -1.87. The van der Waals surface area contributed by atoms with Crippen molar-refractivity contribution in [1.29, 1.82) is 0 Å². The molecule has 31 heavy (non-hydrogen) atoms. The normalized spacial score (nSPS) is 14.4. The van der Waals surface area contributed by atoms with E-state index in [1.54, 1.807) is 18.1 Å². The highest BCUT2D eigenvalue weighted by atomic mass is 127. The van der Waals surface area contributed by atoms with Gasteiger partial charge in [-0.2, -0.15) is 0 Å². The third-order valence-electron chi connectivity index (χ3n) is 5.46. The number of aliphatic imine (C=N–C) groups is 1. The smallest absolute Gasteiger partial charge is 0.244 e. The summed E-state index contributed by atoms with van der Waals surface area (Å²) in [5.41, 5.74) is 2.33. The Kier molecular flexibility index (Phi) is 10.0. The maximum absolute atomic E-state index is 12.5. The highest BCUT2D eigenvalue weighted by molar-refractivity contribution is 14.0. The van der Waals surface area contributed by atoms with Crippen LogP contribution < -0.4 is 10.6 Å². The molecule has 1 aliphatic carbocycles. The molecule has 168 valence electrons. The van der Waals surface area contributed by atoms with Gasteiger partial charge in [-0.25, -0.2) is 4.99 Å². The standard InChI is InChI=1S/C23H30ClN5O.HI/c1-3-25-22(28-17-23(11-12-23)18-7-6-8-19(24)15-18)27-16-21(30)29(2)14-10-20-9-4-5-13-26-20;/h4-9,13,15H,3,10-12,14,16-17H2,1-2H3,(H2,25,27,28);1H. The number of guanidine groups is 1. The molecule has 0 bridgehead atoms. The first-order valence-electron chi connectivity index (χ1n) is 10.4. The molecule has 1 aromatic heterocycles. The second kappa shape index (κ2) is 12.2. The number of hydrogen-bond donors (Lipinski definition) is 2. The molecule has 1 aliphatic rings. The largest absolute Gasteiger partial charge is 0.357 e. The van der Waals surface area contributed by atoms with Gasteiger partial charge in [0.1, 0.15) is 6.54 Å². The predicted octanol–water partition coefficient (Wildman–Crippen LogP) is 3.64. The number of halogens is 2. The van der Waals surface area contributed by atoms with Gasteiger partial charge in [0.2, 0.25) is 5.91 Å². The topological polar surface area (TPSA) is 69.6 Å². The third-order valence-corrected chi connectivity index (χ3v) is 5.69. The molecule has 2 aromatic rings. The van der Waals surface area contributed by atoms with E-state index in [2.05, 4.69) is 26.7 Å². The fourth-order valence-corrected chi connectivity index (χ4v) is 3.54. The van der Waals surface area contributed by atoms with Crippen molar-refractivity contribution < 1.29 is 4.79 Å². The fourth-order valence-electron chi connectivity index (χ4n) is 3.35. The van der Waals surface area contributed by atoms with Crippen LogP contribution in [0.5, 0.6) is 0 Å². The van der Waals surface area contributed by atoms with Crippen molar-refractivity contribution >= 4 is 47.4 Å². The average Bonchev–Trinajstić information content (AvgIpc) is 3.55. The highest BCUT2D eigenvalue weighted by Gasteiger charge is 2.44. The molecule has 8 heteroatoms. The highest BCUT2D eigenvalue weighted by Crippen LogP contribution is 2.48. The van der Waals surface area contributed by atoms with Gasteiger partial charge < -0.3 is 15.5 Å². The van der Waals surface area contributed by atoms with Gasteiger partial charge in [-0.1, -0.05) is 29.8 Å². The average molecular weight is 556 g/mol. The molecule has 2 N–H and O–H groups in total. The van der Waals surface area contributed by atoms with Crippen LogP contribution in [0.25, 0.3) is 0 Å². The second-order valence-electron chi connectivity index (χ2n) is 7.73. The Labute approximate surface area is 206 Å². The lowest BCUT2D eigenvalue weighted by Crippen LogP contribution is -2.42. The van der Waals surface area contributed by atoms with Crippen LogP contribution in [0, 0.1) is 0 Å². The summed E-state index contributed by atoms with van der Waals surface area (Å²) in [4.78, 5) is 23.0. The van der Waals surface area contributed by atoms with Crippen molar-refractivity contribution in [3.8, 4) is 0 Å². The molecule has 0 spiro atoms. The summed E-state index contributed by atoms with van der Waals surface area (Å²) < 4.78 is 0. The molecule has 0 radical (unpaired) electrons. The van der Waals surface area contributed by atoms with Gasteiger partial charge in [0, 0.05) is 55.4 Å². The maximum Gasteiger partial charge on any atom is 0.244 e. The monoisotopic (exact) mass is 555 g/mol. The molecule has 1 heterocycles. The number of benzene rings is 1. The lowest BCUT2D eigenvalue weighted by atomic mass is 9.96. The van der Waals surface area contributed by atoms with E-state index < -0.39 is 0 Å². The summed E-state index contributed by atoms with van der Waals surface area (Å²) >= 11 is 6.17. The molecule has 3 rings (SSSR count). The fraction of sp³-hybridized carbons (Fsp3) is 0.435. The molecule has 1 fully saturated rings. The predicted molar refractivity (Wildman–Crippen MR) is 137 cm³/mol. The number of rotatable bonds is 9. The Morgan fingerprint density at radius 1 is 1.23 bits per heavy atom. The van der Waals surface area contributed by atoms with Crippen LogP contribution in [-0.4, -0.2) is 55.0 Å². The molecular formula is C23H31ClIN5O. The number of amides is 1. The van der Waals surface area contributed by atoms with E-state index in [-0.39, 0.29) is 41.8 Å². The third kappa shape index (κ3) is 7.64. The summed E-state index contributed by atoms with van der Waals surface area (Å²) in [6, 6.07) is 13.9. The van der Waals surface area contributed by atoms with E-state index in [1.165, 1.54) is 5.56 Å². The van der Waals surface area contributed by atoms with Crippen LogP contribution in [0.2, 0.25) is 5.02 Å². The van der Waals surface area contributed by atoms with Crippen molar-refractivity contribution in [2.75, 3.05) is 33.2 Å². The SMILES string of the molecule is CCNC(=NCC(=O)N(C)CCc1ccccn1)NCC1(c2cccc(Cl)c2)CC1.I. The molecule has 0 aliphatic heterocycles. The zero-order chi connectivity index (χ0) is 21.4. The van der Waals surface area contributed by atoms with E-state index in [0.29, 0.717) is 12.5 Å². The number of carbonyl (C=O) groups excluding carboxylic acids is 1. The lowest BCUT2D eigenvalue weighted by Gasteiger charge is -2.20. The van der Waals surface area contributed by atoms with E-state index in [4.69, 9.17) is 11.6 Å². The van der Waals surface area contributed by atoms with Crippen LogP contribution >= 0.6 is 35.6 Å². The minimum atomic E-state index is -0.0147. The first-order valence-corrected chi connectivity index (χ1v) is 10.8. The summed E-state index contributed by atoms with van der Waals surface area (Å²) in [5, 5.41) is 7.40. The van der Waals surface area contributed by atoms with E-state index in [9.17, 15) is 4.79 Å². The number of likely N-dealkylation sites (N-methyl/N-ethyl adjacent to an activating group) is 1. The number of aromatic nitrogens is 1. The number of pyridine rings is 1. The van der Waals surface area contributed by atoms with Crippen molar-refractivity contribution in [2.45, 2.75) is 31.6 Å². The quantitative estimate of drug-likeness (QED) is 0.282. The number of carbonyl (C=O) groups is 1. The van der Waals surface area contributed by atoms with Crippen LogP contribution in [0.4, 0.5) is 0 Å². The molecule has 0 unspecified atom stereocenters. The van der Waals surface area contributed by atoms with Gasteiger partial charge >= 0.3 is 0 Å². The Morgan fingerprint density at radius 2 is 2.03 bits per heavy atom. The minimum Gasteiger partial charge on any atom is -0.357 e. The van der Waals surface area contributed by atoms with Crippen molar-refractivity contribution in [3.63, 3.8) is 0 Å². The summed E-state index contributed by atoms with van der Waals surface area (Å²) in [7, 11) is 1.81. The first kappa shape index (κ1) is 25.4. The molecule has 1 saturated carbocycles. The summed E-state index contributed by atoms with van der Waals surface area (Å²) in [6.45, 7) is 4.25. The Morgan fingerprint density at radius 3 is 2.68 bits per heavy atom. The summed E-state index contributed by atoms with van der Waals surface area (Å²) in [5.74, 6) is 0.649. The Bertz CT molecular complexity index is 873. The van der Waals surface area contributed by atoms with Gasteiger partial charge in [0.05, 0.1) is 0 Å². The molecule has 1 aromatic carbocycles. The maximum atomic E-state index is 12.5. The molecule has 6 nitrogen and oxygen atoms in total. The van der Waals surface area contributed by atoms with Gasteiger partial charge in [-0.15, -0.1) is 24.0 Å². The number of hydrogen-bond acceptors (Lipinski definition) is 3. The molecular weight excluding hydrogens is 525 g/mol. The zero-order valence-electron chi connectivity index (χ0n) is 18.1. The van der Waals surface area contributed by atoms with Crippen molar-refractivity contribution in [3.05, 3.63) is 64.9 Å². The van der Waals surface area contributed by atoms with Crippen molar-refractivity contribution in [1.82, 2.24) is 20.5 Å². The van der Waals surface area contributed by atoms with E-state index in [1.807, 2.05) is 43.3 Å². The lowest BCUT2D eigenvalue weighted by molar-refractivity contribution is -0.128. The van der Waals surface area contributed by atoms with Crippen LogP contribution in [-0.2, 0) is 16.6 Å². The second-order valence-corrected chi connectivity index (χ2v) is 8.16. The first-order chi connectivity index (χ1) is 14.5. The van der Waals surface area contributed by atoms with E-state index >= 15 is 0 Å². The van der Waals surface area contributed by atoms with Gasteiger partial charge in [0.25, 0.3) is 0 Å². The molecule has 0 atom stereocenters. The van der Waals surface area contributed by atoms with Gasteiger partial charge in [-0.3, -0.25) is 9.78 Å². The Balaban J connectivity index is 0.00000341. The zero-order valence-corrected chi connectivity index (χ0v) is 21.2. The van der Waals surface area contributed by atoms with Gasteiger partial charge in [0.15, 0.2) is 5.96 Å². The minimum absolute atomic E-state index is 0. The van der Waals surface area contributed by atoms with Crippen LogP contribution in [0.15, 0.2) is 53.7 Å². The molecule has 0 saturated heterocycles. The van der Waals surface area contributed by atoms with Crippen molar-refractivity contribution in [2.24, 2.45) is 4.99 Å². The number of nitrogens with zero attached hydrogens (tertiary/aromatic N) is 3. The molecule has 1 amide bonds. The van der Waals surface area contributed by atoms with Crippen LogP contribution in [0.1, 0.15) is 31.0 Å². The van der Waals surface area contributed by atoms with E-state index in [0.717, 1.165) is 43.1 Å². The van der Waals surface area contributed by atoms with Gasteiger partial charge in [-0.05, 0) is 49.6 Å².